The Labute approximate surface area is 109 Å². The van der Waals surface area contributed by atoms with Crippen LogP contribution in [0.2, 0.25) is 0 Å². The molecule has 0 amide bonds. The smallest absolute Gasteiger partial charge is 0.208 e. The number of benzene rings is 1. The van der Waals surface area contributed by atoms with Gasteiger partial charge >= 0.3 is 0 Å². The zero-order valence-electron chi connectivity index (χ0n) is 9.33. The molecule has 0 bridgehead atoms. The highest BCUT2D eigenvalue weighted by Gasteiger charge is 2.00. The van der Waals surface area contributed by atoms with Gasteiger partial charge < -0.3 is 5.32 Å². The van der Waals surface area contributed by atoms with Crippen LogP contribution in [0.4, 0.5) is 4.39 Å². The molecule has 0 heterocycles. The molecule has 17 heavy (non-hydrogen) atoms. The first-order chi connectivity index (χ1) is 7.87. The lowest BCUT2D eigenvalue weighted by Crippen LogP contribution is -2.30. The summed E-state index contributed by atoms with van der Waals surface area (Å²) >= 11 is 3.20. The van der Waals surface area contributed by atoms with Crippen LogP contribution in [0.25, 0.3) is 0 Å². The molecule has 2 N–H and O–H groups in total. The van der Waals surface area contributed by atoms with Crippen molar-refractivity contribution in [2.45, 2.75) is 6.54 Å². The Bertz CT molecular complexity index is 459. The van der Waals surface area contributed by atoms with Gasteiger partial charge in [-0.3, -0.25) is 0 Å². The number of rotatable bonds is 6. The van der Waals surface area contributed by atoms with Crippen molar-refractivity contribution in [3.8, 4) is 0 Å². The van der Waals surface area contributed by atoms with Crippen molar-refractivity contribution in [1.29, 1.82) is 0 Å². The van der Waals surface area contributed by atoms with Gasteiger partial charge in [-0.15, -0.1) is 0 Å². The normalized spacial score (nSPS) is 11.7. The van der Waals surface area contributed by atoms with Crippen molar-refractivity contribution < 1.29 is 12.8 Å². The summed E-state index contributed by atoms with van der Waals surface area (Å²) in [4.78, 5) is 0. The molecule has 0 unspecified atom stereocenters. The summed E-state index contributed by atoms with van der Waals surface area (Å²) in [5.74, 6) is -0.301. The van der Waals surface area contributed by atoms with Crippen LogP contribution in [0.5, 0.6) is 0 Å². The van der Waals surface area contributed by atoms with E-state index in [1.807, 2.05) is 0 Å². The minimum Gasteiger partial charge on any atom is -0.311 e. The Kier molecular flexibility index (Phi) is 5.51. The molecule has 0 spiro atoms. The van der Waals surface area contributed by atoms with E-state index < -0.39 is 10.0 Å². The highest BCUT2D eigenvalue weighted by Crippen LogP contribution is 2.14. The zero-order valence-corrected chi connectivity index (χ0v) is 11.7. The van der Waals surface area contributed by atoms with Gasteiger partial charge in [-0.2, -0.15) is 0 Å². The van der Waals surface area contributed by atoms with E-state index >= 15 is 0 Å². The van der Waals surface area contributed by atoms with Gasteiger partial charge in [0.15, 0.2) is 0 Å². The molecule has 0 saturated carbocycles. The average molecular weight is 325 g/mol. The lowest BCUT2D eigenvalue weighted by molar-refractivity contribution is 0.581. The largest absolute Gasteiger partial charge is 0.311 e. The molecular weight excluding hydrogens is 311 g/mol. The third-order valence-electron chi connectivity index (χ3n) is 1.92. The Hall–Kier alpha value is -0.500. The van der Waals surface area contributed by atoms with E-state index in [9.17, 15) is 12.8 Å². The van der Waals surface area contributed by atoms with E-state index in [2.05, 4.69) is 26.0 Å². The summed E-state index contributed by atoms with van der Waals surface area (Å²) in [6.07, 6.45) is 1.11. The van der Waals surface area contributed by atoms with Crippen LogP contribution in [-0.4, -0.2) is 27.8 Å². The van der Waals surface area contributed by atoms with E-state index in [-0.39, 0.29) is 5.82 Å². The molecule has 0 atom stereocenters. The van der Waals surface area contributed by atoms with E-state index in [4.69, 9.17) is 0 Å². The summed E-state index contributed by atoms with van der Waals surface area (Å²) < 4.78 is 37.6. The molecular formula is C10H14BrFN2O2S. The van der Waals surface area contributed by atoms with Crippen LogP contribution in [0.15, 0.2) is 22.7 Å². The molecule has 0 fully saturated rings. The topological polar surface area (TPSA) is 58.2 Å². The second kappa shape index (κ2) is 6.44. The van der Waals surface area contributed by atoms with E-state index in [1.54, 1.807) is 6.07 Å². The van der Waals surface area contributed by atoms with E-state index in [0.717, 1.165) is 11.8 Å². The highest BCUT2D eigenvalue weighted by atomic mass is 79.9. The van der Waals surface area contributed by atoms with Crippen LogP contribution in [-0.2, 0) is 16.6 Å². The van der Waals surface area contributed by atoms with E-state index in [1.165, 1.54) is 12.1 Å². The number of halogens is 2. The summed E-state index contributed by atoms with van der Waals surface area (Å²) in [6.45, 7) is 1.29. The quantitative estimate of drug-likeness (QED) is 0.774. The van der Waals surface area contributed by atoms with Gasteiger partial charge in [0.1, 0.15) is 5.82 Å². The van der Waals surface area contributed by atoms with Gasteiger partial charge in [0.2, 0.25) is 10.0 Å². The lowest BCUT2D eigenvalue weighted by atomic mass is 10.2. The highest BCUT2D eigenvalue weighted by molar-refractivity contribution is 9.10. The maximum Gasteiger partial charge on any atom is 0.208 e. The maximum atomic E-state index is 13.0. The fourth-order valence-corrected chi connectivity index (χ4v) is 2.26. The number of hydrogen-bond donors (Lipinski definition) is 2. The molecule has 0 aliphatic rings. The molecule has 1 rings (SSSR count). The van der Waals surface area contributed by atoms with Crippen LogP contribution in [0, 0.1) is 5.82 Å². The molecule has 0 aliphatic heterocycles. The van der Waals surface area contributed by atoms with Crippen LogP contribution in [0.1, 0.15) is 5.56 Å². The van der Waals surface area contributed by atoms with Gasteiger partial charge in [0.05, 0.1) is 6.26 Å². The maximum absolute atomic E-state index is 13.0. The molecule has 96 valence electrons. The molecule has 1 aromatic rings. The fourth-order valence-electron chi connectivity index (χ4n) is 1.27. The van der Waals surface area contributed by atoms with Crippen molar-refractivity contribution in [2.75, 3.05) is 19.3 Å². The van der Waals surface area contributed by atoms with Crippen molar-refractivity contribution in [1.82, 2.24) is 10.0 Å². The minimum absolute atomic E-state index is 0.301. The first-order valence-corrected chi connectivity index (χ1v) is 7.65. The number of nitrogens with one attached hydrogen (secondary N) is 2. The molecule has 0 aliphatic carbocycles. The lowest BCUT2D eigenvalue weighted by Gasteiger charge is -2.06. The van der Waals surface area contributed by atoms with Gasteiger partial charge in [0.25, 0.3) is 0 Å². The molecule has 0 radical (unpaired) electrons. The zero-order chi connectivity index (χ0) is 12.9. The molecule has 0 saturated heterocycles. The van der Waals surface area contributed by atoms with Crippen molar-refractivity contribution in [3.63, 3.8) is 0 Å². The molecule has 0 aromatic heterocycles. The van der Waals surface area contributed by atoms with Crippen molar-refractivity contribution in [3.05, 3.63) is 34.1 Å². The molecule has 7 heteroatoms. The number of sulfonamides is 1. The standard InChI is InChI=1S/C10H14BrFN2O2S/c1-17(15,16)14-3-2-13-7-8-4-9(11)6-10(12)5-8/h4-6,13-14H,2-3,7H2,1H3. The average Bonchev–Trinajstić information content (AvgIpc) is 2.13. The summed E-state index contributed by atoms with van der Waals surface area (Å²) in [5.41, 5.74) is 0.802. The summed E-state index contributed by atoms with van der Waals surface area (Å²) in [7, 11) is -3.14. The SMILES string of the molecule is CS(=O)(=O)NCCNCc1cc(F)cc(Br)c1. The molecule has 4 nitrogen and oxygen atoms in total. The first kappa shape index (κ1) is 14.6. The van der Waals surface area contributed by atoms with Crippen LogP contribution >= 0.6 is 15.9 Å². The summed E-state index contributed by atoms with van der Waals surface area (Å²) in [6, 6.07) is 4.62. The monoisotopic (exact) mass is 324 g/mol. The van der Waals surface area contributed by atoms with Gasteiger partial charge in [-0.1, -0.05) is 15.9 Å². The Morgan fingerprint density at radius 3 is 2.59 bits per heavy atom. The van der Waals surface area contributed by atoms with Crippen molar-refractivity contribution in [2.24, 2.45) is 0 Å². The summed E-state index contributed by atoms with van der Waals surface area (Å²) in [5, 5.41) is 3.01. The van der Waals surface area contributed by atoms with Crippen LogP contribution in [0.3, 0.4) is 0 Å². The molecule has 1 aromatic carbocycles. The van der Waals surface area contributed by atoms with E-state index in [0.29, 0.717) is 24.1 Å². The van der Waals surface area contributed by atoms with Crippen molar-refractivity contribution >= 4 is 26.0 Å². The Balaban J connectivity index is 2.31. The predicted octanol–water partition coefficient (Wildman–Crippen LogP) is 1.23. The number of hydrogen-bond acceptors (Lipinski definition) is 3. The Morgan fingerprint density at radius 1 is 1.29 bits per heavy atom. The van der Waals surface area contributed by atoms with Gasteiger partial charge in [-0.25, -0.2) is 17.5 Å². The van der Waals surface area contributed by atoms with Gasteiger partial charge in [-0.05, 0) is 23.8 Å². The fraction of sp³-hybridized carbons (Fsp3) is 0.400. The first-order valence-electron chi connectivity index (χ1n) is 4.97. The Morgan fingerprint density at radius 2 is 2.00 bits per heavy atom. The van der Waals surface area contributed by atoms with Crippen LogP contribution < -0.4 is 10.0 Å². The second-order valence-corrected chi connectivity index (χ2v) is 6.37. The minimum atomic E-state index is -3.14. The predicted molar refractivity (Wildman–Crippen MR) is 68.7 cm³/mol. The van der Waals surface area contributed by atoms with Gasteiger partial charge in [0, 0.05) is 24.1 Å². The second-order valence-electron chi connectivity index (χ2n) is 3.62. The third-order valence-corrected chi connectivity index (χ3v) is 3.10. The third kappa shape index (κ3) is 6.72.